The summed E-state index contributed by atoms with van der Waals surface area (Å²) in [6, 6.07) is -0.535. The van der Waals surface area contributed by atoms with Gasteiger partial charge < -0.3 is 15.3 Å². The molecule has 1 spiro atoms. The fourth-order valence-electron chi connectivity index (χ4n) is 6.58. The predicted molar refractivity (Wildman–Crippen MR) is 200 cm³/mol. The molecule has 4 N–H and O–H groups in total. The van der Waals surface area contributed by atoms with Gasteiger partial charge in [0.05, 0.1) is 17.4 Å². The summed E-state index contributed by atoms with van der Waals surface area (Å²) in [5, 5.41) is 18.8. The molecule has 3 fully saturated rings. The quantitative estimate of drug-likeness (QED) is 0.0522. The third-order valence-electron chi connectivity index (χ3n) is 10.2. The molecule has 1 heterocycles. The zero-order chi connectivity index (χ0) is 38.2. The van der Waals surface area contributed by atoms with Gasteiger partial charge in [-0.3, -0.25) is 9.79 Å². The second-order valence-corrected chi connectivity index (χ2v) is 14.8. The number of hydrogen-bond donors (Lipinski definition) is 3. The molecule has 0 aromatic heterocycles. The number of halogens is 3. The number of likely N-dealkylation sites (tertiary alicyclic amines) is 1. The first kappa shape index (κ1) is 43.0. The molecule has 0 aromatic rings. The van der Waals surface area contributed by atoms with E-state index in [1.807, 2.05) is 41.5 Å². The van der Waals surface area contributed by atoms with Crippen molar-refractivity contribution in [1.29, 1.82) is 0 Å². The lowest BCUT2D eigenvalue weighted by molar-refractivity contribution is -0.207. The molecule has 1 aliphatic heterocycles. The first-order valence-corrected chi connectivity index (χ1v) is 18.1. The Morgan fingerprint density at radius 2 is 1.66 bits per heavy atom. The summed E-state index contributed by atoms with van der Waals surface area (Å²) in [4.78, 5) is 20.4. The lowest BCUT2D eigenvalue weighted by atomic mass is 9.54. The number of hydrazine groups is 1. The van der Waals surface area contributed by atoms with Crippen LogP contribution in [-0.2, 0) is 4.79 Å². The molecule has 2 aliphatic carbocycles. The average Bonchev–Trinajstić information content (AvgIpc) is 3.00. The number of amides is 1. The molecule has 8 nitrogen and oxygen atoms in total. The summed E-state index contributed by atoms with van der Waals surface area (Å²) in [6.07, 6.45) is 7.77. The lowest BCUT2D eigenvalue weighted by Gasteiger charge is -2.64. The number of aliphatic imine (C=N–C) groups is 1. The molecule has 3 aliphatic rings. The number of allylic oxidation sites excluding steroid dienone is 6. The SMILES string of the molecule is C=CC(=C\C(NC(=O)/C(C)=C/N=C(CC/C(=C\C)N1CC2(C1)CC(O)(C(C)F)C2)C(C)C)=C(\C)C(C)C)/C(C)=N/N(N)C1CC(F)(F)C1.CC. The van der Waals surface area contributed by atoms with Gasteiger partial charge in [-0.2, -0.15) is 5.10 Å². The number of carbonyl (C=O) groups is 1. The van der Waals surface area contributed by atoms with Crippen molar-refractivity contribution in [3.8, 4) is 0 Å². The zero-order valence-corrected chi connectivity index (χ0v) is 32.3. The van der Waals surface area contributed by atoms with Crippen LogP contribution in [0.5, 0.6) is 0 Å². The molecule has 1 saturated heterocycles. The van der Waals surface area contributed by atoms with Crippen LogP contribution < -0.4 is 11.2 Å². The van der Waals surface area contributed by atoms with Crippen molar-refractivity contribution in [3.05, 3.63) is 59.1 Å². The van der Waals surface area contributed by atoms with Crippen LogP contribution >= 0.6 is 0 Å². The van der Waals surface area contributed by atoms with Crippen molar-refractivity contribution in [2.24, 2.45) is 33.2 Å². The number of nitrogens with one attached hydrogen (secondary N) is 1. The largest absolute Gasteiger partial charge is 0.387 e. The van der Waals surface area contributed by atoms with Crippen molar-refractivity contribution in [2.75, 3.05) is 13.1 Å². The molecule has 2 saturated carbocycles. The van der Waals surface area contributed by atoms with Crippen molar-refractivity contribution in [1.82, 2.24) is 15.3 Å². The maximum atomic E-state index is 13.8. The van der Waals surface area contributed by atoms with E-state index < -0.39 is 23.7 Å². The van der Waals surface area contributed by atoms with E-state index in [2.05, 4.69) is 41.8 Å². The van der Waals surface area contributed by atoms with Crippen LogP contribution in [0.2, 0.25) is 0 Å². The number of nitrogens with zero attached hydrogens (tertiary/aromatic N) is 4. The fourth-order valence-corrected chi connectivity index (χ4v) is 6.58. The fraction of sp³-hybridized carbons (Fsp3) is 0.667. The standard InChI is InChI=1S/C37H57F3N6O2.C2H6/c1-11-29(27(9)44-46(41)31-16-37(39,40)17-31)15-33(26(8)23(3)4)43-34(47)25(7)18-42-32(24(5)6)14-13-30(12-2)45-21-35(22-45)19-36(48,20-35)28(10)38;1-2/h11-12,15,18,23-24,28,31,48H,1,13-14,16-17,19-22,41H2,2-10H3,(H,43,47);1-2H3/b25-18+,29-15+,30-12+,33-26+,42-32?,44-27+;. The maximum absolute atomic E-state index is 13.8. The highest BCUT2D eigenvalue weighted by Gasteiger charge is 2.61. The van der Waals surface area contributed by atoms with Gasteiger partial charge >= 0.3 is 0 Å². The number of carbonyl (C=O) groups excluding carboxylic acids is 1. The van der Waals surface area contributed by atoms with Crippen LogP contribution in [0.4, 0.5) is 13.2 Å². The molecular formula is C39H63F3N6O2. The van der Waals surface area contributed by atoms with E-state index in [-0.39, 0.29) is 36.0 Å². The van der Waals surface area contributed by atoms with Crippen LogP contribution in [0, 0.1) is 17.3 Å². The summed E-state index contributed by atoms with van der Waals surface area (Å²) in [5.41, 5.74) is 4.09. The Morgan fingerprint density at radius 1 is 1.08 bits per heavy atom. The van der Waals surface area contributed by atoms with Gasteiger partial charge in [0, 0.05) is 60.2 Å². The van der Waals surface area contributed by atoms with Gasteiger partial charge in [0.25, 0.3) is 11.8 Å². The van der Waals surface area contributed by atoms with E-state index in [1.54, 1.807) is 32.2 Å². The molecule has 1 amide bonds. The van der Waals surface area contributed by atoms with E-state index in [0.717, 1.165) is 42.3 Å². The van der Waals surface area contributed by atoms with Gasteiger partial charge in [0.1, 0.15) is 6.17 Å². The number of rotatable bonds is 15. The highest BCUT2D eigenvalue weighted by Crippen LogP contribution is 2.56. The van der Waals surface area contributed by atoms with Gasteiger partial charge in [-0.25, -0.2) is 24.1 Å². The number of hydrazone groups is 1. The van der Waals surface area contributed by atoms with E-state index in [0.29, 0.717) is 35.4 Å². The average molecular weight is 705 g/mol. The van der Waals surface area contributed by atoms with Crippen LogP contribution in [-0.4, -0.2) is 69.3 Å². The maximum Gasteiger partial charge on any atom is 0.252 e. The van der Waals surface area contributed by atoms with Crippen LogP contribution in [0.1, 0.15) is 115 Å². The summed E-state index contributed by atoms with van der Waals surface area (Å²) in [7, 11) is 0. The van der Waals surface area contributed by atoms with Gasteiger partial charge in [0.15, 0.2) is 0 Å². The summed E-state index contributed by atoms with van der Waals surface area (Å²) in [5.74, 6) is 3.26. The van der Waals surface area contributed by atoms with Crippen molar-refractivity contribution in [3.63, 3.8) is 0 Å². The summed E-state index contributed by atoms with van der Waals surface area (Å²) >= 11 is 0. The summed E-state index contributed by atoms with van der Waals surface area (Å²) < 4.78 is 40.5. The van der Waals surface area contributed by atoms with Gasteiger partial charge in [-0.1, -0.05) is 60.3 Å². The number of nitrogens with two attached hydrogens (primary N) is 1. The normalized spacial score (nSPS) is 21.8. The van der Waals surface area contributed by atoms with E-state index in [9.17, 15) is 23.1 Å². The Hall–Kier alpha value is -3.18. The lowest BCUT2D eigenvalue weighted by Crippen LogP contribution is -2.69. The monoisotopic (exact) mass is 704 g/mol. The first-order valence-electron chi connectivity index (χ1n) is 18.1. The molecule has 1 unspecified atom stereocenters. The van der Waals surface area contributed by atoms with E-state index in [1.165, 1.54) is 12.6 Å². The third-order valence-corrected chi connectivity index (χ3v) is 10.2. The Morgan fingerprint density at radius 3 is 2.12 bits per heavy atom. The number of hydrogen-bond acceptors (Lipinski definition) is 7. The second kappa shape index (κ2) is 17.8. The molecule has 0 radical (unpaired) electrons. The van der Waals surface area contributed by atoms with Crippen molar-refractivity contribution < 1.29 is 23.1 Å². The Bertz CT molecular complexity index is 1380. The highest BCUT2D eigenvalue weighted by molar-refractivity contribution is 6.01. The molecule has 1 atom stereocenters. The minimum atomic E-state index is -2.71. The molecule has 282 valence electrons. The predicted octanol–water partition coefficient (Wildman–Crippen LogP) is 8.39. The topological polar surface area (TPSA) is 107 Å². The van der Waals surface area contributed by atoms with Crippen LogP contribution in [0.3, 0.4) is 0 Å². The Labute approximate surface area is 299 Å². The molecule has 0 bridgehead atoms. The second-order valence-electron chi connectivity index (χ2n) is 14.8. The van der Waals surface area contributed by atoms with Crippen molar-refractivity contribution >= 4 is 17.3 Å². The van der Waals surface area contributed by atoms with E-state index in [4.69, 9.17) is 10.8 Å². The third kappa shape index (κ3) is 10.9. The highest BCUT2D eigenvalue weighted by atomic mass is 19.3. The van der Waals surface area contributed by atoms with E-state index >= 15 is 0 Å². The van der Waals surface area contributed by atoms with Gasteiger partial charge in [0.2, 0.25) is 0 Å². The smallest absolute Gasteiger partial charge is 0.252 e. The Balaban J connectivity index is 0.00000425. The van der Waals surface area contributed by atoms with Gasteiger partial charge in [-0.05, 0) is 89.4 Å². The van der Waals surface area contributed by atoms with Crippen molar-refractivity contribution in [2.45, 2.75) is 138 Å². The molecular weight excluding hydrogens is 641 g/mol. The van der Waals surface area contributed by atoms with Crippen LogP contribution in [0.15, 0.2) is 69.2 Å². The summed E-state index contributed by atoms with van der Waals surface area (Å²) in [6.45, 7) is 26.6. The van der Waals surface area contributed by atoms with Gasteiger partial charge in [-0.15, -0.1) is 0 Å². The molecule has 50 heavy (non-hydrogen) atoms. The first-order chi connectivity index (χ1) is 23.2. The number of aliphatic hydroxyl groups is 1. The van der Waals surface area contributed by atoms with Crippen LogP contribution in [0.25, 0.3) is 0 Å². The number of alkyl halides is 3. The molecule has 3 rings (SSSR count). The zero-order valence-electron chi connectivity index (χ0n) is 32.3. The molecule has 0 aromatic carbocycles. The minimum absolute atomic E-state index is 0.0150. The molecule has 11 heteroatoms. The Kier molecular flexibility index (Phi) is 15.3. The minimum Gasteiger partial charge on any atom is -0.387 e.